The van der Waals surface area contributed by atoms with Crippen molar-refractivity contribution in [2.24, 2.45) is 11.8 Å². The van der Waals surface area contributed by atoms with Crippen LogP contribution in [0.15, 0.2) is 47.1 Å². The maximum absolute atomic E-state index is 13.5. The minimum absolute atomic E-state index is 0.209. The second-order valence-corrected chi connectivity index (χ2v) is 7.67. The van der Waals surface area contributed by atoms with Crippen LogP contribution in [0.3, 0.4) is 0 Å². The minimum atomic E-state index is -1.16. The molecule has 2 fully saturated rings. The summed E-state index contributed by atoms with van der Waals surface area (Å²) in [5.41, 5.74) is 0.390. The Kier molecular flexibility index (Phi) is 4.78. The number of rotatable bonds is 5. The fourth-order valence-corrected chi connectivity index (χ4v) is 4.75. The van der Waals surface area contributed by atoms with E-state index in [0.29, 0.717) is 17.9 Å². The van der Waals surface area contributed by atoms with Crippen molar-refractivity contribution in [1.29, 1.82) is 0 Å². The molecule has 2 amide bonds. The predicted molar refractivity (Wildman–Crippen MR) is 104 cm³/mol. The zero-order chi connectivity index (χ0) is 20.8. The van der Waals surface area contributed by atoms with Gasteiger partial charge in [0.15, 0.2) is 11.8 Å². The summed E-state index contributed by atoms with van der Waals surface area (Å²) in [7, 11) is 0. The lowest BCUT2D eigenvalue weighted by atomic mass is 9.78. The van der Waals surface area contributed by atoms with Gasteiger partial charge < -0.3 is 14.5 Å². The molecule has 7 nitrogen and oxygen atoms in total. The number of amides is 2. The van der Waals surface area contributed by atoms with E-state index in [1.165, 1.54) is 11.2 Å². The molecular weight excluding hydrogens is 372 g/mol. The fourth-order valence-electron chi connectivity index (χ4n) is 4.75. The molecule has 2 aromatic rings. The van der Waals surface area contributed by atoms with Crippen molar-refractivity contribution < 1.29 is 28.9 Å². The standard InChI is InChI=1S/C22H24N2O5/c1-4-22(21(27)28-5-2)17-16(18(23-22)15-7-6-12-29-15)19(25)24(20(17)26)14-10-8-13(3)9-11-14/h6-12,16-18,23H,4-5H2,1-3H3/p+1/t16-,17-,18-,22+/m0/s1. The largest absolute Gasteiger partial charge is 0.463 e. The highest BCUT2D eigenvalue weighted by Gasteiger charge is 2.72. The highest BCUT2D eigenvalue weighted by atomic mass is 16.5. The number of carbonyl (C=O) groups is 3. The van der Waals surface area contributed by atoms with E-state index in [2.05, 4.69) is 0 Å². The average Bonchev–Trinajstić information content (AvgIpc) is 3.40. The maximum Gasteiger partial charge on any atom is 0.368 e. The van der Waals surface area contributed by atoms with Gasteiger partial charge in [0.1, 0.15) is 11.8 Å². The maximum atomic E-state index is 13.5. The van der Waals surface area contributed by atoms with Crippen LogP contribution in [-0.4, -0.2) is 29.9 Å². The summed E-state index contributed by atoms with van der Waals surface area (Å²) in [5, 5.41) is 1.81. The number of hydrogen-bond donors (Lipinski definition) is 1. The first-order valence-corrected chi connectivity index (χ1v) is 9.95. The average molecular weight is 397 g/mol. The lowest BCUT2D eigenvalue weighted by Crippen LogP contribution is -2.98. The van der Waals surface area contributed by atoms with Gasteiger partial charge >= 0.3 is 5.97 Å². The third-order valence-corrected chi connectivity index (χ3v) is 6.17. The first-order chi connectivity index (χ1) is 13.9. The van der Waals surface area contributed by atoms with Crippen LogP contribution in [0, 0.1) is 18.8 Å². The second-order valence-electron chi connectivity index (χ2n) is 7.67. The molecule has 29 heavy (non-hydrogen) atoms. The van der Waals surface area contributed by atoms with Gasteiger partial charge in [-0.05, 0) is 38.1 Å². The van der Waals surface area contributed by atoms with E-state index in [1.54, 1.807) is 36.5 Å². The third kappa shape index (κ3) is 2.80. The molecule has 2 N–H and O–H groups in total. The predicted octanol–water partition coefficient (Wildman–Crippen LogP) is 1.72. The van der Waals surface area contributed by atoms with Crippen LogP contribution in [0.1, 0.15) is 37.6 Å². The van der Waals surface area contributed by atoms with Crippen LogP contribution in [0.5, 0.6) is 0 Å². The molecule has 152 valence electrons. The molecule has 4 rings (SSSR count). The van der Waals surface area contributed by atoms with Gasteiger partial charge in [-0.1, -0.05) is 24.6 Å². The van der Waals surface area contributed by atoms with Crippen LogP contribution in [-0.2, 0) is 19.1 Å². The summed E-state index contributed by atoms with van der Waals surface area (Å²) >= 11 is 0. The summed E-state index contributed by atoms with van der Waals surface area (Å²) in [6.07, 6.45) is 1.90. The van der Waals surface area contributed by atoms with Gasteiger partial charge in [0.05, 0.1) is 18.6 Å². The number of ether oxygens (including phenoxy) is 1. The van der Waals surface area contributed by atoms with Crippen LogP contribution in [0.2, 0.25) is 0 Å². The number of furan rings is 1. The molecule has 0 bridgehead atoms. The lowest BCUT2D eigenvalue weighted by molar-refractivity contribution is -0.736. The van der Waals surface area contributed by atoms with Crippen molar-refractivity contribution in [1.82, 2.24) is 0 Å². The molecule has 1 aromatic carbocycles. The van der Waals surface area contributed by atoms with E-state index < -0.39 is 29.4 Å². The second kappa shape index (κ2) is 7.15. The van der Waals surface area contributed by atoms with Crippen molar-refractivity contribution >= 4 is 23.5 Å². The zero-order valence-electron chi connectivity index (χ0n) is 16.8. The van der Waals surface area contributed by atoms with Gasteiger partial charge in [-0.15, -0.1) is 0 Å². The molecule has 4 atom stereocenters. The third-order valence-electron chi connectivity index (χ3n) is 6.17. The van der Waals surface area contributed by atoms with E-state index in [4.69, 9.17) is 9.15 Å². The van der Waals surface area contributed by atoms with Crippen LogP contribution in [0.25, 0.3) is 0 Å². The molecule has 0 saturated carbocycles. The van der Waals surface area contributed by atoms with E-state index in [-0.39, 0.29) is 18.4 Å². The monoisotopic (exact) mass is 397 g/mol. The Bertz CT molecular complexity index is 937. The molecule has 2 aliphatic heterocycles. The highest BCUT2D eigenvalue weighted by Crippen LogP contribution is 2.47. The van der Waals surface area contributed by atoms with Crippen molar-refractivity contribution in [2.45, 2.75) is 38.8 Å². The van der Waals surface area contributed by atoms with Gasteiger partial charge in [-0.25, -0.2) is 9.69 Å². The Labute approximate surface area is 169 Å². The van der Waals surface area contributed by atoms with Crippen molar-refractivity contribution in [3.05, 3.63) is 54.0 Å². The normalized spacial score (nSPS) is 28.7. The van der Waals surface area contributed by atoms with Crippen LogP contribution >= 0.6 is 0 Å². The number of hydrogen-bond acceptors (Lipinski definition) is 5. The Morgan fingerprint density at radius 2 is 1.90 bits per heavy atom. The summed E-state index contributed by atoms with van der Waals surface area (Å²) in [6, 6.07) is 10.3. The number of esters is 1. The zero-order valence-corrected chi connectivity index (χ0v) is 16.8. The number of carbonyl (C=O) groups excluding carboxylic acids is 3. The Balaban J connectivity index is 1.83. The van der Waals surface area contributed by atoms with Gasteiger partial charge in [-0.2, -0.15) is 0 Å². The SMILES string of the molecule is CCOC(=O)[C@]1(CC)[NH2+][C@@H](c2ccco2)[C@H]2C(=O)N(c3ccc(C)cc3)C(=O)[C@H]21. The van der Waals surface area contributed by atoms with Gasteiger partial charge in [-0.3, -0.25) is 9.59 Å². The fraction of sp³-hybridized carbons (Fsp3) is 0.409. The molecule has 0 radical (unpaired) electrons. The first kappa shape index (κ1) is 19.4. The van der Waals surface area contributed by atoms with Gasteiger partial charge in [0.25, 0.3) is 0 Å². The Morgan fingerprint density at radius 3 is 2.48 bits per heavy atom. The smallest absolute Gasteiger partial charge is 0.368 e. The van der Waals surface area contributed by atoms with Crippen molar-refractivity contribution in [3.8, 4) is 0 Å². The molecule has 3 heterocycles. The number of benzene rings is 1. The molecular formula is C22H25N2O5+. The Morgan fingerprint density at radius 1 is 1.17 bits per heavy atom. The summed E-state index contributed by atoms with van der Waals surface area (Å²) < 4.78 is 10.9. The van der Waals surface area contributed by atoms with E-state index in [0.717, 1.165) is 5.56 Å². The van der Waals surface area contributed by atoms with Crippen molar-refractivity contribution in [3.63, 3.8) is 0 Å². The molecule has 0 aliphatic carbocycles. The summed E-state index contributed by atoms with van der Waals surface area (Å²) in [6.45, 7) is 5.73. The number of nitrogens with zero attached hydrogens (tertiary/aromatic N) is 1. The van der Waals surface area contributed by atoms with Crippen LogP contribution < -0.4 is 10.2 Å². The minimum Gasteiger partial charge on any atom is -0.463 e. The Hall–Kier alpha value is -2.93. The highest BCUT2D eigenvalue weighted by molar-refractivity contribution is 6.23. The molecule has 0 unspecified atom stereocenters. The molecule has 2 aliphatic rings. The summed E-state index contributed by atoms with van der Waals surface area (Å²) in [4.78, 5) is 41.2. The molecule has 0 spiro atoms. The number of nitrogens with two attached hydrogens (primary N) is 1. The summed E-state index contributed by atoms with van der Waals surface area (Å²) in [5.74, 6) is -2.05. The van der Waals surface area contributed by atoms with E-state index in [1.807, 2.05) is 26.0 Å². The lowest BCUT2D eigenvalue weighted by Gasteiger charge is -2.28. The number of imide groups is 1. The number of quaternary nitrogens is 1. The first-order valence-electron chi connectivity index (χ1n) is 9.95. The van der Waals surface area contributed by atoms with Crippen molar-refractivity contribution in [2.75, 3.05) is 11.5 Å². The van der Waals surface area contributed by atoms with E-state index in [9.17, 15) is 14.4 Å². The molecule has 2 saturated heterocycles. The van der Waals surface area contributed by atoms with Crippen LogP contribution in [0.4, 0.5) is 5.69 Å². The topological polar surface area (TPSA) is 93.4 Å². The number of anilines is 1. The van der Waals surface area contributed by atoms with Gasteiger partial charge in [0.2, 0.25) is 17.4 Å². The number of fused-ring (bicyclic) bond motifs is 1. The molecule has 1 aromatic heterocycles. The number of aryl methyl sites for hydroxylation is 1. The van der Waals surface area contributed by atoms with Gasteiger partial charge in [0, 0.05) is 6.42 Å². The van der Waals surface area contributed by atoms with E-state index >= 15 is 0 Å². The molecule has 7 heteroatoms. The quantitative estimate of drug-likeness (QED) is 0.613.